The first-order chi connectivity index (χ1) is 9.79. The molecular weight excluding hydrogens is 283 g/mol. The van der Waals surface area contributed by atoms with Crippen LogP contribution in [0.3, 0.4) is 0 Å². The van der Waals surface area contributed by atoms with Gasteiger partial charge in [-0.25, -0.2) is 0 Å². The van der Waals surface area contributed by atoms with E-state index in [0.717, 1.165) is 12.1 Å². The largest absolute Gasteiger partial charge is 0.416 e. The van der Waals surface area contributed by atoms with Gasteiger partial charge in [0, 0.05) is 19.3 Å². The molecule has 0 bridgehead atoms. The average molecular weight is 299 g/mol. The third-order valence-corrected chi connectivity index (χ3v) is 2.55. The number of alkyl halides is 3. The Balaban J connectivity index is 3.12. The first-order valence-electron chi connectivity index (χ1n) is 5.91. The van der Waals surface area contributed by atoms with Crippen LogP contribution in [-0.2, 0) is 6.18 Å². The van der Waals surface area contributed by atoms with Gasteiger partial charge in [-0.2, -0.15) is 18.2 Å². The van der Waals surface area contributed by atoms with E-state index in [4.69, 9.17) is 11.5 Å². The maximum Gasteiger partial charge on any atom is 0.416 e. The van der Waals surface area contributed by atoms with Crippen LogP contribution in [-0.4, -0.2) is 25.5 Å². The van der Waals surface area contributed by atoms with Crippen molar-refractivity contribution in [1.82, 2.24) is 0 Å². The molecule has 1 aromatic rings. The van der Waals surface area contributed by atoms with E-state index in [0.29, 0.717) is 5.69 Å². The summed E-state index contributed by atoms with van der Waals surface area (Å²) in [5, 5.41) is 0. The highest BCUT2D eigenvalue weighted by Gasteiger charge is 2.30. The van der Waals surface area contributed by atoms with Crippen molar-refractivity contribution in [2.24, 2.45) is 21.5 Å². The molecule has 114 valence electrons. The molecule has 0 fully saturated rings. The molecule has 0 aliphatic rings. The molecule has 0 unspecified atom stereocenters. The Morgan fingerprint density at radius 3 is 2.29 bits per heavy atom. The Morgan fingerprint density at radius 2 is 1.86 bits per heavy atom. The van der Waals surface area contributed by atoms with Crippen molar-refractivity contribution in [1.29, 1.82) is 0 Å². The smallest absolute Gasteiger partial charge is 0.369 e. The monoisotopic (exact) mass is 299 g/mol. The summed E-state index contributed by atoms with van der Waals surface area (Å²) in [5.41, 5.74) is 10.9. The van der Waals surface area contributed by atoms with Gasteiger partial charge in [-0.1, -0.05) is 6.08 Å². The molecule has 0 aliphatic heterocycles. The van der Waals surface area contributed by atoms with E-state index in [1.165, 1.54) is 24.1 Å². The minimum Gasteiger partial charge on any atom is -0.369 e. The summed E-state index contributed by atoms with van der Waals surface area (Å²) in [7, 11) is 1.45. The van der Waals surface area contributed by atoms with Gasteiger partial charge in [-0.15, -0.1) is 6.58 Å². The van der Waals surface area contributed by atoms with Crippen LogP contribution in [0, 0.1) is 0 Å². The number of nitrogens with zero attached hydrogens (tertiary/aromatic N) is 3. The van der Waals surface area contributed by atoms with E-state index in [1.807, 2.05) is 0 Å². The van der Waals surface area contributed by atoms with Gasteiger partial charge in [0.1, 0.15) is 0 Å². The van der Waals surface area contributed by atoms with E-state index >= 15 is 0 Å². The molecule has 1 aromatic carbocycles. The number of nitrogens with two attached hydrogens (primary N) is 2. The van der Waals surface area contributed by atoms with Crippen LogP contribution in [0.1, 0.15) is 5.56 Å². The van der Waals surface area contributed by atoms with Crippen LogP contribution < -0.4 is 16.4 Å². The molecule has 21 heavy (non-hydrogen) atoms. The maximum absolute atomic E-state index is 12.5. The van der Waals surface area contributed by atoms with Gasteiger partial charge in [0.25, 0.3) is 0 Å². The average Bonchev–Trinajstić information content (AvgIpc) is 2.43. The predicted molar refractivity (Wildman–Crippen MR) is 78.2 cm³/mol. The number of aliphatic imine (C=N–C) groups is 2. The fourth-order valence-electron chi connectivity index (χ4n) is 1.52. The molecule has 8 heteroatoms. The SMILES string of the molecule is C=CCN(C(N)=NC(N)=NC)c1ccc(C(F)(F)F)cc1. The third-order valence-electron chi connectivity index (χ3n) is 2.55. The molecule has 0 aromatic heterocycles. The van der Waals surface area contributed by atoms with E-state index in [1.54, 1.807) is 6.08 Å². The number of benzene rings is 1. The van der Waals surface area contributed by atoms with Gasteiger partial charge >= 0.3 is 6.18 Å². The molecule has 1 rings (SSSR count). The molecule has 0 amide bonds. The quantitative estimate of drug-likeness (QED) is 0.508. The molecule has 0 aliphatic carbocycles. The summed E-state index contributed by atoms with van der Waals surface area (Å²) in [5.74, 6) is -0.0220. The van der Waals surface area contributed by atoms with E-state index in [-0.39, 0.29) is 18.5 Å². The zero-order chi connectivity index (χ0) is 16.0. The molecule has 4 N–H and O–H groups in total. The summed E-state index contributed by atoms with van der Waals surface area (Å²) >= 11 is 0. The molecule has 0 saturated heterocycles. The van der Waals surface area contributed by atoms with E-state index < -0.39 is 11.7 Å². The zero-order valence-corrected chi connectivity index (χ0v) is 11.4. The molecule has 0 saturated carbocycles. The van der Waals surface area contributed by atoms with Crippen LogP contribution >= 0.6 is 0 Å². The lowest BCUT2D eigenvalue weighted by Gasteiger charge is -2.22. The van der Waals surface area contributed by atoms with Crippen LogP contribution in [0.2, 0.25) is 0 Å². The summed E-state index contributed by atoms with van der Waals surface area (Å²) in [4.78, 5) is 8.94. The highest BCUT2D eigenvalue weighted by molar-refractivity contribution is 6.02. The zero-order valence-electron chi connectivity index (χ0n) is 11.4. The van der Waals surface area contributed by atoms with Crippen LogP contribution in [0.4, 0.5) is 18.9 Å². The van der Waals surface area contributed by atoms with Crippen LogP contribution in [0.25, 0.3) is 0 Å². The predicted octanol–water partition coefficient (Wildman–Crippen LogP) is 1.96. The highest BCUT2D eigenvalue weighted by atomic mass is 19.4. The lowest BCUT2D eigenvalue weighted by molar-refractivity contribution is -0.137. The van der Waals surface area contributed by atoms with Gasteiger partial charge in [-0.3, -0.25) is 4.99 Å². The molecule has 5 nitrogen and oxygen atoms in total. The fraction of sp³-hybridized carbons (Fsp3) is 0.231. The van der Waals surface area contributed by atoms with E-state index in [2.05, 4.69) is 16.6 Å². The lowest BCUT2D eigenvalue weighted by Crippen LogP contribution is -2.39. The van der Waals surface area contributed by atoms with Crippen molar-refractivity contribution >= 4 is 17.6 Å². The van der Waals surface area contributed by atoms with Gasteiger partial charge in [-0.05, 0) is 24.3 Å². The second kappa shape index (κ2) is 6.78. The Labute approximate surface area is 120 Å². The van der Waals surface area contributed by atoms with Gasteiger partial charge in [0.2, 0.25) is 11.9 Å². The third kappa shape index (κ3) is 4.51. The van der Waals surface area contributed by atoms with Gasteiger partial charge in [0.05, 0.1) is 5.56 Å². The Bertz CT molecular complexity index is 546. The van der Waals surface area contributed by atoms with Crippen molar-refractivity contribution in [3.63, 3.8) is 0 Å². The van der Waals surface area contributed by atoms with Crippen molar-refractivity contribution in [2.75, 3.05) is 18.5 Å². The minimum atomic E-state index is -4.39. The number of anilines is 1. The highest BCUT2D eigenvalue weighted by Crippen LogP contribution is 2.30. The van der Waals surface area contributed by atoms with Crippen LogP contribution in [0.5, 0.6) is 0 Å². The number of halogens is 3. The Hall–Kier alpha value is -2.51. The van der Waals surface area contributed by atoms with Crippen LogP contribution in [0.15, 0.2) is 46.9 Å². The van der Waals surface area contributed by atoms with Gasteiger partial charge in [0.15, 0.2) is 0 Å². The maximum atomic E-state index is 12.5. The summed E-state index contributed by atoms with van der Waals surface area (Å²) in [6, 6.07) is 4.54. The second-order valence-electron chi connectivity index (χ2n) is 4.00. The molecule has 0 heterocycles. The number of rotatable bonds is 3. The topological polar surface area (TPSA) is 80.0 Å². The summed E-state index contributed by atoms with van der Waals surface area (Å²) in [6.45, 7) is 3.83. The summed E-state index contributed by atoms with van der Waals surface area (Å²) in [6.07, 6.45) is -2.85. The summed E-state index contributed by atoms with van der Waals surface area (Å²) < 4.78 is 37.6. The first-order valence-corrected chi connectivity index (χ1v) is 5.91. The van der Waals surface area contributed by atoms with Crippen molar-refractivity contribution in [3.05, 3.63) is 42.5 Å². The lowest BCUT2D eigenvalue weighted by atomic mass is 10.2. The molecule has 0 radical (unpaired) electrons. The second-order valence-corrected chi connectivity index (χ2v) is 4.00. The fourth-order valence-corrected chi connectivity index (χ4v) is 1.52. The van der Waals surface area contributed by atoms with Crippen molar-refractivity contribution in [2.45, 2.75) is 6.18 Å². The first kappa shape index (κ1) is 16.5. The minimum absolute atomic E-state index is 0.0118. The number of hydrogen-bond donors (Lipinski definition) is 2. The Kier molecular flexibility index (Phi) is 5.34. The van der Waals surface area contributed by atoms with E-state index in [9.17, 15) is 13.2 Å². The molecule has 0 spiro atoms. The Morgan fingerprint density at radius 1 is 1.29 bits per heavy atom. The number of hydrogen-bond acceptors (Lipinski definition) is 1. The molecule has 0 atom stereocenters. The molecular formula is C13H16F3N5. The number of guanidine groups is 2. The van der Waals surface area contributed by atoms with Gasteiger partial charge < -0.3 is 16.4 Å². The van der Waals surface area contributed by atoms with Crippen molar-refractivity contribution < 1.29 is 13.2 Å². The standard InChI is InChI=1S/C13H16F3N5/c1-3-8-21(12(18)20-11(17)19-2)10-6-4-9(5-7-10)13(14,15)16/h3-7H,1,8H2,2H3,(H4,17,18,19,20). The van der Waals surface area contributed by atoms with Crippen molar-refractivity contribution in [3.8, 4) is 0 Å². The normalized spacial score (nSPS) is 13.1.